The summed E-state index contributed by atoms with van der Waals surface area (Å²) in [7, 11) is 0. The third-order valence-corrected chi connectivity index (χ3v) is 2.37. The molecule has 1 aliphatic carbocycles. The minimum atomic E-state index is 0.238. The second kappa shape index (κ2) is 3.24. The van der Waals surface area contributed by atoms with Gasteiger partial charge in [0, 0.05) is 19.0 Å². The predicted molar refractivity (Wildman–Crippen MR) is 45.3 cm³/mol. The second-order valence-corrected chi connectivity index (χ2v) is 3.41. The van der Waals surface area contributed by atoms with Gasteiger partial charge in [-0.3, -0.25) is 4.79 Å². The van der Waals surface area contributed by atoms with Crippen molar-refractivity contribution in [2.45, 2.75) is 52.1 Å². The van der Waals surface area contributed by atoms with Crippen molar-refractivity contribution in [3.63, 3.8) is 0 Å². The van der Waals surface area contributed by atoms with Crippen LogP contribution in [0, 0.1) is 0 Å². The molecule has 1 atom stereocenters. The van der Waals surface area contributed by atoms with Crippen LogP contribution in [0.15, 0.2) is 0 Å². The van der Waals surface area contributed by atoms with Gasteiger partial charge in [0.25, 0.3) is 0 Å². The Morgan fingerprint density at radius 3 is 2.45 bits per heavy atom. The quantitative estimate of drug-likeness (QED) is 0.608. The average Bonchev–Trinajstić information content (AvgIpc) is 2.71. The van der Waals surface area contributed by atoms with E-state index in [0.717, 1.165) is 6.42 Å². The summed E-state index contributed by atoms with van der Waals surface area (Å²) in [4.78, 5) is 13.2. The Bertz CT molecular complexity index is 152. The van der Waals surface area contributed by atoms with Gasteiger partial charge in [0.15, 0.2) is 0 Å². The lowest BCUT2D eigenvalue weighted by Crippen LogP contribution is -2.38. The summed E-state index contributed by atoms with van der Waals surface area (Å²) in [5, 5.41) is 0. The highest BCUT2D eigenvalue weighted by molar-refractivity contribution is 5.74. The Hall–Kier alpha value is -0.530. The van der Waals surface area contributed by atoms with Crippen LogP contribution in [-0.4, -0.2) is 22.9 Å². The molecule has 0 aromatic rings. The molecule has 0 aliphatic heterocycles. The Labute approximate surface area is 68.6 Å². The van der Waals surface area contributed by atoms with Gasteiger partial charge in [-0.15, -0.1) is 0 Å². The van der Waals surface area contributed by atoms with E-state index >= 15 is 0 Å². The van der Waals surface area contributed by atoms with Crippen LogP contribution < -0.4 is 0 Å². The van der Waals surface area contributed by atoms with Crippen LogP contribution in [0.25, 0.3) is 0 Å². The molecule has 2 heteroatoms. The maximum Gasteiger partial charge on any atom is 0.219 e. The zero-order chi connectivity index (χ0) is 8.43. The summed E-state index contributed by atoms with van der Waals surface area (Å²) in [6, 6.07) is 1.00. The second-order valence-electron chi connectivity index (χ2n) is 3.41. The molecule has 1 fully saturated rings. The number of hydrogen-bond acceptors (Lipinski definition) is 1. The van der Waals surface area contributed by atoms with Crippen LogP contribution in [0.5, 0.6) is 0 Å². The monoisotopic (exact) mass is 155 g/mol. The van der Waals surface area contributed by atoms with Crippen LogP contribution in [0.1, 0.15) is 40.0 Å². The standard InChI is InChI=1S/C9H17NO/c1-4-7(2)10(8(3)11)9-5-6-9/h7,9H,4-6H2,1-3H3/t7-/m1/s1. The van der Waals surface area contributed by atoms with Gasteiger partial charge in [0.2, 0.25) is 5.91 Å². The zero-order valence-corrected chi connectivity index (χ0v) is 7.63. The number of rotatable bonds is 3. The van der Waals surface area contributed by atoms with Gasteiger partial charge in [-0.05, 0) is 26.2 Å². The topological polar surface area (TPSA) is 20.3 Å². The number of carbonyl (C=O) groups excluding carboxylic acids is 1. The van der Waals surface area contributed by atoms with Crippen molar-refractivity contribution in [2.24, 2.45) is 0 Å². The summed E-state index contributed by atoms with van der Waals surface area (Å²) < 4.78 is 0. The molecule has 1 rings (SSSR count). The summed E-state index contributed by atoms with van der Waals surface area (Å²) in [6.45, 7) is 5.92. The van der Waals surface area contributed by atoms with E-state index in [1.807, 2.05) is 4.90 Å². The van der Waals surface area contributed by atoms with E-state index in [2.05, 4.69) is 13.8 Å². The van der Waals surface area contributed by atoms with Gasteiger partial charge in [0.05, 0.1) is 0 Å². The maximum absolute atomic E-state index is 11.2. The van der Waals surface area contributed by atoms with E-state index in [1.54, 1.807) is 6.92 Å². The van der Waals surface area contributed by atoms with Crippen molar-refractivity contribution >= 4 is 5.91 Å². The molecule has 0 bridgehead atoms. The zero-order valence-electron chi connectivity index (χ0n) is 7.63. The largest absolute Gasteiger partial charge is 0.337 e. The molecule has 1 saturated carbocycles. The van der Waals surface area contributed by atoms with Gasteiger partial charge in [0.1, 0.15) is 0 Å². The van der Waals surface area contributed by atoms with Crippen molar-refractivity contribution < 1.29 is 4.79 Å². The van der Waals surface area contributed by atoms with E-state index in [-0.39, 0.29) is 5.91 Å². The SMILES string of the molecule is CC[C@@H](C)N(C(C)=O)C1CC1. The molecule has 0 heterocycles. The molecule has 2 nitrogen and oxygen atoms in total. The molecule has 64 valence electrons. The molecular formula is C9H17NO. The van der Waals surface area contributed by atoms with Crippen LogP contribution >= 0.6 is 0 Å². The summed E-state index contributed by atoms with van der Waals surface area (Å²) in [5.41, 5.74) is 0. The van der Waals surface area contributed by atoms with Gasteiger partial charge < -0.3 is 4.90 Å². The molecule has 0 radical (unpaired) electrons. The number of amides is 1. The highest BCUT2D eigenvalue weighted by Gasteiger charge is 2.32. The fraction of sp³-hybridized carbons (Fsp3) is 0.889. The van der Waals surface area contributed by atoms with E-state index in [1.165, 1.54) is 12.8 Å². The minimum Gasteiger partial charge on any atom is -0.337 e. The average molecular weight is 155 g/mol. The molecule has 0 spiro atoms. The molecule has 0 saturated heterocycles. The third-order valence-electron chi connectivity index (χ3n) is 2.37. The Morgan fingerprint density at radius 1 is 1.64 bits per heavy atom. The lowest BCUT2D eigenvalue weighted by molar-refractivity contribution is -0.131. The van der Waals surface area contributed by atoms with Crippen molar-refractivity contribution in [1.29, 1.82) is 0 Å². The van der Waals surface area contributed by atoms with Gasteiger partial charge >= 0.3 is 0 Å². The smallest absolute Gasteiger partial charge is 0.219 e. The number of nitrogens with zero attached hydrogens (tertiary/aromatic N) is 1. The highest BCUT2D eigenvalue weighted by Crippen LogP contribution is 2.29. The van der Waals surface area contributed by atoms with Crippen molar-refractivity contribution in [3.05, 3.63) is 0 Å². The highest BCUT2D eigenvalue weighted by atomic mass is 16.2. The predicted octanol–water partition coefficient (Wildman–Crippen LogP) is 1.80. The first-order valence-corrected chi connectivity index (χ1v) is 4.45. The van der Waals surface area contributed by atoms with Crippen LogP contribution in [0.2, 0.25) is 0 Å². The van der Waals surface area contributed by atoms with E-state index < -0.39 is 0 Å². The normalized spacial score (nSPS) is 19.5. The summed E-state index contributed by atoms with van der Waals surface area (Å²) in [6.07, 6.45) is 3.49. The Morgan fingerprint density at radius 2 is 2.18 bits per heavy atom. The van der Waals surface area contributed by atoms with Crippen LogP contribution in [-0.2, 0) is 4.79 Å². The molecule has 0 unspecified atom stereocenters. The molecule has 1 amide bonds. The molecule has 1 aliphatic rings. The Kier molecular flexibility index (Phi) is 2.53. The molecule has 11 heavy (non-hydrogen) atoms. The fourth-order valence-corrected chi connectivity index (χ4v) is 1.48. The maximum atomic E-state index is 11.2. The fourth-order valence-electron chi connectivity index (χ4n) is 1.48. The lowest BCUT2D eigenvalue weighted by Gasteiger charge is -2.27. The van der Waals surface area contributed by atoms with Crippen LogP contribution in [0.4, 0.5) is 0 Å². The van der Waals surface area contributed by atoms with Crippen molar-refractivity contribution in [1.82, 2.24) is 4.90 Å². The Balaban J connectivity index is 2.50. The van der Waals surface area contributed by atoms with E-state index in [9.17, 15) is 4.79 Å². The first-order valence-electron chi connectivity index (χ1n) is 4.45. The molecule has 0 aromatic heterocycles. The van der Waals surface area contributed by atoms with Gasteiger partial charge in [-0.2, -0.15) is 0 Å². The minimum absolute atomic E-state index is 0.238. The summed E-state index contributed by atoms with van der Waals surface area (Å²) in [5.74, 6) is 0.238. The van der Waals surface area contributed by atoms with Crippen LogP contribution in [0.3, 0.4) is 0 Å². The third kappa shape index (κ3) is 1.95. The van der Waals surface area contributed by atoms with Crippen molar-refractivity contribution in [2.75, 3.05) is 0 Å². The molecular weight excluding hydrogens is 138 g/mol. The number of hydrogen-bond donors (Lipinski definition) is 0. The lowest BCUT2D eigenvalue weighted by atomic mass is 10.2. The summed E-state index contributed by atoms with van der Waals surface area (Å²) >= 11 is 0. The molecule has 0 N–H and O–H groups in total. The molecule has 0 aromatic carbocycles. The van der Waals surface area contributed by atoms with Gasteiger partial charge in [-0.1, -0.05) is 6.92 Å². The van der Waals surface area contributed by atoms with Gasteiger partial charge in [-0.25, -0.2) is 0 Å². The van der Waals surface area contributed by atoms with E-state index in [0.29, 0.717) is 12.1 Å². The van der Waals surface area contributed by atoms with Crippen molar-refractivity contribution in [3.8, 4) is 0 Å². The first kappa shape index (κ1) is 8.57. The van der Waals surface area contributed by atoms with E-state index in [4.69, 9.17) is 0 Å². The first-order chi connectivity index (χ1) is 5.16. The number of carbonyl (C=O) groups is 1.